The van der Waals surface area contributed by atoms with Crippen LogP contribution in [-0.2, 0) is 6.42 Å². The molecule has 0 unspecified atom stereocenters. The Bertz CT molecular complexity index is 883. The average Bonchev–Trinajstić information content (AvgIpc) is 3.03. The van der Waals surface area contributed by atoms with Crippen molar-refractivity contribution in [2.75, 3.05) is 6.54 Å². The van der Waals surface area contributed by atoms with E-state index < -0.39 is 23.5 Å². The maximum absolute atomic E-state index is 13.5. The number of H-pyrrole nitrogens is 1. The van der Waals surface area contributed by atoms with Crippen LogP contribution >= 0.6 is 11.9 Å². The predicted octanol–water partition coefficient (Wildman–Crippen LogP) is 3.53. The van der Waals surface area contributed by atoms with Crippen LogP contribution in [0.2, 0.25) is 0 Å². The number of aromatic nitrogens is 2. The van der Waals surface area contributed by atoms with Crippen LogP contribution in [0, 0.1) is 17.5 Å². The van der Waals surface area contributed by atoms with Gasteiger partial charge in [-0.25, -0.2) is 22.9 Å². The van der Waals surface area contributed by atoms with Crippen LogP contribution in [0.25, 0.3) is 11.0 Å². The highest BCUT2D eigenvalue weighted by atomic mass is 32.2. The first-order chi connectivity index (χ1) is 12.0. The molecule has 3 N–H and O–H groups in total. The minimum Gasteiger partial charge on any atom is -0.337 e. The first-order valence-electron chi connectivity index (χ1n) is 7.32. The Morgan fingerprint density at radius 3 is 2.72 bits per heavy atom. The molecule has 0 saturated heterocycles. The lowest BCUT2D eigenvalue weighted by Crippen LogP contribution is -2.33. The van der Waals surface area contributed by atoms with Gasteiger partial charge in [-0.05, 0) is 30.2 Å². The van der Waals surface area contributed by atoms with E-state index in [1.54, 1.807) is 0 Å². The van der Waals surface area contributed by atoms with Gasteiger partial charge in [0, 0.05) is 18.5 Å². The molecule has 0 aliphatic heterocycles. The third-order valence-corrected chi connectivity index (χ3v) is 4.08. The summed E-state index contributed by atoms with van der Waals surface area (Å²) in [6.45, 7) is 0.0640. The average molecular weight is 366 g/mol. The van der Waals surface area contributed by atoms with Gasteiger partial charge in [-0.3, -0.25) is 4.72 Å². The Labute approximate surface area is 145 Å². The number of urea groups is 1. The number of nitrogens with zero attached hydrogens (tertiary/aromatic N) is 1. The highest BCUT2D eigenvalue weighted by molar-refractivity contribution is 7.97. The quantitative estimate of drug-likeness (QED) is 0.478. The molecule has 1 aromatic heterocycles. The zero-order valence-electron chi connectivity index (χ0n) is 12.8. The number of nitrogens with one attached hydrogen (secondary N) is 3. The molecule has 0 atom stereocenters. The number of halogens is 3. The largest absolute Gasteiger partial charge is 0.337 e. The van der Waals surface area contributed by atoms with Crippen LogP contribution in [0.5, 0.6) is 0 Å². The van der Waals surface area contributed by atoms with Crippen molar-refractivity contribution < 1.29 is 18.0 Å². The number of fused-ring (bicyclic) bond motifs is 1. The second kappa shape index (κ2) is 7.47. The van der Waals surface area contributed by atoms with Crippen molar-refractivity contribution in [1.82, 2.24) is 20.0 Å². The first-order valence-corrected chi connectivity index (χ1v) is 8.14. The first kappa shape index (κ1) is 17.2. The van der Waals surface area contributed by atoms with Gasteiger partial charge < -0.3 is 10.3 Å². The minimum atomic E-state index is -1.51. The van der Waals surface area contributed by atoms with E-state index in [2.05, 4.69) is 20.0 Å². The van der Waals surface area contributed by atoms with Crippen molar-refractivity contribution >= 4 is 29.0 Å². The van der Waals surface area contributed by atoms with Crippen LogP contribution in [0.4, 0.5) is 18.0 Å². The van der Waals surface area contributed by atoms with Crippen molar-refractivity contribution in [3.05, 3.63) is 59.4 Å². The molecule has 2 aromatic carbocycles. The number of hydrogen-bond donors (Lipinski definition) is 3. The number of amides is 2. The molecule has 25 heavy (non-hydrogen) atoms. The molecule has 5 nitrogen and oxygen atoms in total. The van der Waals surface area contributed by atoms with Gasteiger partial charge >= 0.3 is 6.03 Å². The summed E-state index contributed by atoms with van der Waals surface area (Å²) in [5.41, 5.74) is 1.62. The Balaban J connectivity index is 1.47. The van der Waals surface area contributed by atoms with E-state index in [1.165, 1.54) is 0 Å². The smallest absolute Gasteiger partial charge is 0.325 e. The Morgan fingerprint density at radius 1 is 1.12 bits per heavy atom. The summed E-state index contributed by atoms with van der Waals surface area (Å²) in [6.07, 6.45) is 0.0335. The number of hydrogen-bond acceptors (Lipinski definition) is 3. The van der Waals surface area contributed by atoms with Gasteiger partial charge in [0.2, 0.25) is 0 Å². The van der Waals surface area contributed by atoms with Crippen molar-refractivity contribution in [1.29, 1.82) is 0 Å². The maximum atomic E-state index is 13.5. The maximum Gasteiger partial charge on any atom is 0.325 e. The van der Waals surface area contributed by atoms with Gasteiger partial charge in [0.15, 0.2) is 22.6 Å². The van der Waals surface area contributed by atoms with Crippen LogP contribution < -0.4 is 10.0 Å². The minimum absolute atomic E-state index is 0.0101. The zero-order chi connectivity index (χ0) is 17.8. The van der Waals surface area contributed by atoms with Gasteiger partial charge in [-0.2, -0.15) is 0 Å². The van der Waals surface area contributed by atoms with Crippen LogP contribution in [0.3, 0.4) is 0 Å². The molecule has 0 bridgehead atoms. The second-order valence-corrected chi connectivity index (χ2v) is 5.90. The molecule has 3 aromatic rings. The molecular formula is C16H13F3N4OS. The van der Waals surface area contributed by atoms with E-state index in [9.17, 15) is 18.0 Å². The zero-order valence-corrected chi connectivity index (χ0v) is 13.6. The number of benzene rings is 2. The SMILES string of the molecule is O=C(NCCc1ccc(F)c(F)c1F)NSc1nc2ccccc2[nH]1. The van der Waals surface area contributed by atoms with Gasteiger partial charge in [0.1, 0.15) is 0 Å². The predicted molar refractivity (Wildman–Crippen MR) is 88.5 cm³/mol. The fraction of sp³-hybridized carbons (Fsp3) is 0.125. The Hall–Kier alpha value is -2.68. The van der Waals surface area contributed by atoms with Crippen molar-refractivity contribution in [3.8, 4) is 0 Å². The van der Waals surface area contributed by atoms with Crippen LogP contribution in [-0.4, -0.2) is 22.5 Å². The third-order valence-electron chi connectivity index (χ3n) is 3.40. The summed E-state index contributed by atoms with van der Waals surface area (Å²) < 4.78 is 42.0. The summed E-state index contributed by atoms with van der Waals surface area (Å²) >= 11 is 0.996. The standard InChI is InChI=1S/C16H13F3N4OS/c17-10-6-5-9(13(18)14(10)19)7-8-20-15(24)23-25-16-21-11-3-1-2-4-12(11)22-16/h1-6H,7-8H2,(H,21,22)(H2,20,23,24). The summed E-state index contributed by atoms with van der Waals surface area (Å²) in [4.78, 5) is 19.0. The van der Waals surface area contributed by atoms with E-state index in [0.717, 1.165) is 35.1 Å². The molecule has 0 aliphatic carbocycles. The van der Waals surface area contributed by atoms with Crippen molar-refractivity contribution in [2.45, 2.75) is 11.6 Å². The molecule has 1 heterocycles. The topological polar surface area (TPSA) is 69.8 Å². The van der Waals surface area contributed by atoms with Gasteiger partial charge in [-0.1, -0.05) is 18.2 Å². The van der Waals surface area contributed by atoms with Crippen molar-refractivity contribution in [3.63, 3.8) is 0 Å². The number of rotatable bonds is 5. The lowest BCUT2D eigenvalue weighted by molar-refractivity contribution is 0.246. The molecule has 0 aliphatic rings. The normalized spacial score (nSPS) is 10.8. The molecular weight excluding hydrogens is 353 g/mol. The lowest BCUT2D eigenvalue weighted by Gasteiger charge is -2.07. The van der Waals surface area contributed by atoms with E-state index in [4.69, 9.17) is 0 Å². The highest BCUT2D eigenvalue weighted by Crippen LogP contribution is 2.17. The van der Waals surface area contributed by atoms with E-state index in [-0.39, 0.29) is 18.5 Å². The summed E-state index contributed by atoms with van der Waals surface area (Å²) in [5.74, 6) is -3.99. The molecule has 3 rings (SSSR count). The van der Waals surface area contributed by atoms with E-state index >= 15 is 0 Å². The molecule has 0 saturated carbocycles. The van der Waals surface area contributed by atoms with Gasteiger partial charge in [0.05, 0.1) is 11.0 Å². The molecule has 0 fully saturated rings. The number of aromatic amines is 1. The molecule has 9 heteroatoms. The van der Waals surface area contributed by atoms with Crippen LogP contribution in [0.1, 0.15) is 5.56 Å². The summed E-state index contributed by atoms with van der Waals surface area (Å²) in [6, 6.07) is 8.92. The number of carbonyl (C=O) groups excluding carboxylic acids is 1. The lowest BCUT2D eigenvalue weighted by atomic mass is 10.1. The van der Waals surface area contributed by atoms with E-state index in [0.29, 0.717) is 5.16 Å². The molecule has 0 spiro atoms. The summed E-state index contributed by atoms with van der Waals surface area (Å²) in [5, 5.41) is 3.02. The Morgan fingerprint density at radius 2 is 1.92 bits per heavy atom. The molecule has 130 valence electrons. The Kier molecular flexibility index (Phi) is 5.13. The highest BCUT2D eigenvalue weighted by Gasteiger charge is 2.13. The van der Waals surface area contributed by atoms with E-state index in [1.807, 2.05) is 24.3 Å². The molecule has 0 radical (unpaired) electrons. The fourth-order valence-corrected chi connectivity index (χ4v) is 2.74. The number of imidazole rings is 1. The molecule has 2 amide bonds. The fourth-order valence-electron chi connectivity index (χ4n) is 2.18. The van der Waals surface area contributed by atoms with Gasteiger partial charge in [-0.15, -0.1) is 0 Å². The van der Waals surface area contributed by atoms with Gasteiger partial charge in [0.25, 0.3) is 0 Å². The third kappa shape index (κ3) is 4.05. The number of para-hydroxylation sites is 2. The number of carbonyl (C=O) groups is 1. The summed E-state index contributed by atoms with van der Waals surface area (Å²) in [7, 11) is 0. The van der Waals surface area contributed by atoms with Crippen LogP contribution in [0.15, 0.2) is 41.6 Å². The monoisotopic (exact) mass is 366 g/mol. The second-order valence-electron chi connectivity index (χ2n) is 5.10. The van der Waals surface area contributed by atoms with Crippen molar-refractivity contribution in [2.24, 2.45) is 0 Å².